The molecular weight excluding hydrogens is 464 g/mol. The Bertz CT molecular complexity index is 333. The summed E-state index contributed by atoms with van der Waals surface area (Å²) in [6, 6.07) is 0. The van der Waals surface area contributed by atoms with Crippen molar-refractivity contribution in [1.29, 1.82) is 0 Å². The molecule has 0 fully saturated rings. The van der Waals surface area contributed by atoms with Gasteiger partial charge in [0.1, 0.15) is 46.0 Å². The van der Waals surface area contributed by atoms with E-state index in [0.29, 0.717) is 46.0 Å². The van der Waals surface area contributed by atoms with Gasteiger partial charge in [-0.3, -0.25) is 0 Å². The van der Waals surface area contributed by atoms with Crippen LogP contribution in [0.15, 0.2) is 0 Å². The average molecular weight is 464 g/mol. The second kappa shape index (κ2) is 4.33. The Hall–Kier alpha value is 1.14. The van der Waals surface area contributed by atoms with Crippen molar-refractivity contribution < 1.29 is 30.6 Å². The van der Waals surface area contributed by atoms with Crippen LogP contribution in [0, 0.1) is 0 Å². The van der Waals surface area contributed by atoms with Gasteiger partial charge in [0, 0.05) is 0 Å². The highest BCUT2D eigenvalue weighted by molar-refractivity contribution is 14.1. The molecule has 0 aromatic heterocycles. The Kier molecular flexibility index (Phi) is 4.71. The monoisotopic (exact) mass is 464 g/mol. The number of rotatable bonds is 4. The van der Waals surface area contributed by atoms with Crippen molar-refractivity contribution in [2.75, 3.05) is 0 Å². The van der Waals surface area contributed by atoms with Crippen LogP contribution in [0.25, 0.3) is 0 Å². The molecule has 13 heavy (non-hydrogen) atoms. The van der Waals surface area contributed by atoms with E-state index >= 15 is 0 Å². The minimum atomic E-state index is -5.53. The van der Waals surface area contributed by atoms with Gasteiger partial charge in [-0.15, -0.1) is 0 Å². The smallest absolute Gasteiger partial charge is 0.193 e. The first-order chi connectivity index (χ1) is 5.62. The van der Waals surface area contributed by atoms with Gasteiger partial charge in [0.05, 0.1) is 0 Å². The number of hydrogen-bond donors (Lipinski definition) is 0. The van der Waals surface area contributed by atoms with Crippen LogP contribution in [-0.4, -0.2) is 21.4 Å². The van der Waals surface area contributed by atoms with Crippen molar-refractivity contribution in [3.63, 3.8) is 0 Å². The minimum Gasteiger partial charge on any atom is -0.193 e. The maximum Gasteiger partial charge on any atom is 0.497 e. The molecule has 0 aliphatic carbocycles. The van der Waals surface area contributed by atoms with Gasteiger partial charge in [0.25, 0.3) is 0 Å². The number of halogens is 4. The zero-order valence-corrected chi connectivity index (χ0v) is 11.2. The molecule has 0 unspecified atom stereocenters. The fraction of sp³-hybridized carbons (Fsp3) is 1.00. The van der Waals surface area contributed by atoms with E-state index in [-0.39, 0.29) is 0 Å². The second-order valence-corrected chi connectivity index (χ2v) is 7.01. The van der Waals surface area contributed by atoms with Crippen LogP contribution in [0.1, 0.15) is 0 Å². The van der Waals surface area contributed by atoms with Crippen molar-refractivity contribution in [1.82, 2.24) is 0 Å². The summed E-state index contributed by atoms with van der Waals surface area (Å²) in [6.07, 6.45) is 0. The quantitative estimate of drug-likeness (QED) is 0.576. The molecule has 0 amide bonds. The van der Waals surface area contributed by atoms with Crippen molar-refractivity contribution in [2.24, 2.45) is 0 Å². The lowest BCUT2D eigenvalue weighted by Gasteiger charge is -2.11. The number of hydrogen-bond acceptors (Lipinski definition) is 6. The molecule has 0 bridgehead atoms. The van der Waals surface area contributed by atoms with E-state index in [2.05, 4.69) is 5.03 Å². The predicted molar refractivity (Wildman–Crippen MR) is 53.0 cm³/mol. The fourth-order valence-corrected chi connectivity index (χ4v) is 3.64. The molecule has 0 radical (unpaired) electrons. The van der Waals surface area contributed by atoms with Gasteiger partial charge in [-0.05, 0) is 0 Å². The molecule has 12 heteroatoms. The van der Waals surface area contributed by atoms with Crippen molar-refractivity contribution in [3.8, 4) is 0 Å². The highest BCUT2D eigenvalue weighted by atomic mass is 127. The Balaban J connectivity index is 5.49. The SMILES string of the molecule is O=S(=O)(OI)C(F)(F)S(=O)(=O)OI. The maximum absolute atomic E-state index is 12.5. The lowest BCUT2D eigenvalue weighted by Crippen LogP contribution is -2.37. The summed E-state index contributed by atoms with van der Waals surface area (Å²) in [5.41, 5.74) is 0. The maximum atomic E-state index is 12.5. The predicted octanol–water partition coefficient (Wildman–Crippen LogP) is 0.930. The van der Waals surface area contributed by atoms with E-state index in [1.54, 1.807) is 0 Å². The van der Waals surface area contributed by atoms with Crippen LogP contribution >= 0.6 is 46.0 Å². The van der Waals surface area contributed by atoms with E-state index in [4.69, 9.17) is 0 Å². The zero-order chi connectivity index (χ0) is 10.9. The molecule has 0 spiro atoms. The number of alkyl halides is 2. The molecule has 0 atom stereocenters. The molecule has 0 saturated carbocycles. The van der Waals surface area contributed by atoms with Crippen LogP contribution in [0.5, 0.6) is 0 Å². The second-order valence-electron chi connectivity index (χ2n) is 1.50. The van der Waals surface area contributed by atoms with Crippen LogP contribution < -0.4 is 0 Å². The van der Waals surface area contributed by atoms with Crippen LogP contribution in [0.3, 0.4) is 0 Å². The first kappa shape index (κ1) is 14.1. The molecule has 0 aliphatic rings. The molecule has 0 rings (SSSR count). The van der Waals surface area contributed by atoms with Gasteiger partial charge in [-0.2, -0.15) is 30.6 Å². The van der Waals surface area contributed by atoms with E-state index in [9.17, 15) is 25.6 Å². The molecule has 0 aromatic carbocycles. The third-order valence-electron chi connectivity index (χ3n) is 0.748. The average Bonchev–Trinajstić information content (AvgIpc) is 2.03. The van der Waals surface area contributed by atoms with Crippen LogP contribution in [-0.2, 0) is 25.3 Å². The first-order valence-electron chi connectivity index (χ1n) is 2.09. The van der Waals surface area contributed by atoms with Gasteiger partial charge >= 0.3 is 24.8 Å². The van der Waals surface area contributed by atoms with E-state index in [0.717, 1.165) is 0 Å². The van der Waals surface area contributed by atoms with Crippen LogP contribution in [0.2, 0.25) is 0 Å². The molecule has 0 saturated heterocycles. The van der Waals surface area contributed by atoms with Crippen molar-refractivity contribution >= 4 is 66.2 Å². The van der Waals surface area contributed by atoms with Gasteiger partial charge in [-0.1, -0.05) is 0 Å². The third kappa shape index (κ3) is 2.58. The molecule has 6 nitrogen and oxygen atoms in total. The fourth-order valence-electron chi connectivity index (χ4n) is 0.198. The summed E-state index contributed by atoms with van der Waals surface area (Å²) in [5, 5.41) is 0. The summed E-state index contributed by atoms with van der Waals surface area (Å²) >= 11 is 1.24. The lowest BCUT2D eigenvalue weighted by molar-refractivity contribution is 0.163. The topological polar surface area (TPSA) is 86.7 Å². The Morgan fingerprint density at radius 3 is 1.31 bits per heavy atom. The van der Waals surface area contributed by atoms with Gasteiger partial charge < -0.3 is 0 Å². The highest BCUT2D eigenvalue weighted by Crippen LogP contribution is 2.33. The minimum absolute atomic E-state index is 0.621. The summed E-state index contributed by atoms with van der Waals surface area (Å²) < 4.78 is 68.1. The molecule has 0 aromatic rings. The molecule has 0 aliphatic heterocycles. The Morgan fingerprint density at radius 1 is 0.923 bits per heavy atom. The van der Waals surface area contributed by atoms with E-state index in [1.165, 1.54) is 0 Å². The summed E-state index contributed by atoms with van der Waals surface area (Å²) in [5.74, 6) is 0. The van der Waals surface area contributed by atoms with Crippen molar-refractivity contribution in [3.05, 3.63) is 0 Å². The molecular formula is CF2I2O6S2. The lowest BCUT2D eigenvalue weighted by atomic mass is 11.6. The van der Waals surface area contributed by atoms with Gasteiger partial charge in [0.2, 0.25) is 0 Å². The van der Waals surface area contributed by atoms with E-state index in [1.807, 2.05) is 0 Å². The van der Waals surface area contributed by atoms with E-state index < -0.39 is 24.8 Å². The zero-order valence-electron chi connectivity index (χ0n) is 5.28. The van der Waals surface area contributed by atoms with Gasteiger partial charge in [-0.25, -0.2) is 0 Å². The first-order valence-corrected chi connectivity index (χ1v) is 6.67. The summed E-state index contributed by atoms with van der Waals surface area (Å²) in [4.78, 5) is 0. The van der Waals surface area contributed by atoms with Crippen molar-refractivity contribution in [2.45, 2.75) is 4.59 Å². The standard InChI is InChI=1S/CF2I2O6S2/c2-1(3,12(6,7)10-4)13(8,9)11-5. The molecule has 80 valence electrons. The largest absolute Gasteiger partial charge is 0.497 e. The summed E-state index contributed by atoms with van der Waals surface area (Å²) in [6.45, 7) is 0. The summed E-state index contributed by atoms with van der Waals surface area (Å²) in [7, 11) is -11.1. The third-order valence-corrected chi connectivity index (χ3v) is 6.31. The molecule has 0 heterocycles. The normalized spacial score (nSPS) is 14.5. The molecule has 0 N–H and O–H groups in total. The van der Waals surface area contributed by atoms with Gasteiger partial charge in [0.15, 0.2) is 0 Å². The highest BCUT2D eigenvalue weighted by Gasteiger charge is 2.60. The van der Waals surface area contributed by atoms with Crippen LogP contribution in [0.4, 0.5) is 8.78 Å². The Labute approximate surface area is 101 Å². The Morgan fingerprint density at radius 2 is 1.15 bits per heavy atom.